The van der Waals surface area contributed by atoms with Crippen molar-refractivity contribution in [3.63, 3.8) is 0 Å². The molecular formula is C19H21ClN2O3. The van der Waals surface area contributed by atoms with E-state index in [2.05, 4.69) is 24.9 Å². The number of carbonyl (C=O) groups is 1. The summed E-state index contributed by atoms with van der Waals surface area (Å²) in [4.78, 5) is 18.3. The van der Waals surface area contributed by atoms with Gasteiger partial charge in [0.25, 0.3) is 5.91 Å². The second-order valence-corrected chi connectivity index (χ2v) is 7.46. The van der Waals surface area contributed by atoms with Gasteiger partial charge in [0.15, 0.2) is 12.2 Å². The van der Waals surface area contributed by atoms with Crippen LogP contribution in [0.15, 0.2) is 46.0 Å². The molecule has 0 N–H and O–H groups in total. The first kappa shape index (κ1) is 17.5. The molecule has 0 unspecified atom stereocenters. The zero-order valence-corrected chi connectivity index (χ0v) is 15.6. The van der Waals surface area contributed by atoms with E-state index in [9.17, 15) is 4.79 Å². The number of carbonyl (C=O) groups excluding carboxylic acids is 1. The first-order valence-corrected chi connectivity index (χ1v) is 8.47. The average molecular weight is 361 g/mol. The largest absolute Gasteiger partial charge is 0.440 e. The summed E-state index contributed by atoms with van der Waals surface area (Å²) in [5.41, 5.74) is 3.33. The molecule has 1 aliphatic rings. The highest BCUT2D eigenvalue weighted by molar-refractivity contribution is 6.31. The molecule has 3 rings (SSSR count). The maximum Gasteiger partial charge on any atom is 0.395 e. The number of allylic oxidation sites excluding steroid dienone is 4. The van der Waals surface area contributed by atoms with Crippen LogP contribution in [-0.4, -0.2) is 29.4 Å². The van der Waals surface area contributed by atoms with Gasteiger partial charge in [-0.2, -0.15) is 4.98 Å². The highest BCUT2D eigenvalue weighted by Gasteiger charge is 2.25. The van der Waals surface area contributed by atoms with E-state index in [4.69, 9.17) is 20.8 Å². The Bertz CT molecular complexity index is 880. The summed E-state index contributed by atoms with van der Waals surface area (Å²) in [6.07, 6.45) is 5.11. The first-order valence-electron chi connectivity index (χ1n) is 8.09. The number of likely N-dealkylation sites (N-methyl/N-ethyl adjacent to an activating group) is 1. The molecule has 2 aromatic rings. The quantitative estimate of drug-likeness (QED) is 0.800. The highest BCUT2D eigenvalue weighted by Crippen LogP contribution is 2.34. The fraction of sp³-hybridized carbons (Fsp3) is 0.368. The number of amides is 1. The minimum Gasteiger partial charge on any atom is -0.440 e. The second-order valence-electron chi connectivity index (χ2n) is 7.02. The van der Waals surface area contributed by atoms with Crippen molar-refractivity contribution in [2.75, 3.05) is 13.7 Å². The van der Waals surface area contributed by atoms with E-state index in [1.807, 2.05) is 13.0 Å². The predicted octanol–water partition coefficient (Wildman–Crippen LogP) is 4.58. The summed E-state index contributed by atoms with van der Waals surface area (Å²) >= 11 is 5.92. The number of halogens is 1. The van der Waals surface area contributed by atoms with E-state index in [1.165, 1.54) is 0 Å². The number of oxazole rings is 1. The van der Waals surface area contributed by atoms with E-state index in [0.29, 0.717) is 16.1 Å². The SMILES string of the molecule is CC1=CC(C)(C)CC(N(C)C(=O)COc2nc3ccc(Cl)cc3o2)=C1. The Kier molecular flexibility index (Phi) is 4.60. The molecule has 1 aromatic heterocycles. The van der Waals surface area contributed by atoms with Crippen LogP contribution in [0.5, 0.6) is 6.08 Å². The van der Waals surface area contributed by atoms with Crippen LogP contribution in [0.3, 0.4) is 0 Å². The number of nitrogens with zero attached hydrogens (tertiary/aromatic N) is 2. The van der Waals surface area contributed by atoms with Gasteiger partial charge in [-0.3, -0.25) is 4.79 Å². The van der Waals surface area contributed by atoms with Gasteiger partial charge in [0.2, 0.25) is 0 Å². The van der Waals surface area contributed by atoms with Crippen LogP contribution < -0.4 is 4.74 Å². The Morgan fingerprint density at radius 1 is 1.44 bits per heavy atom. The van der Waals surface area contributed by atoms with Crippen molar-refractivity contribution in [3.8, 4) is 6.08 Å². The fourth-order valence-corrected chi connectivity index (χ4v) is 3.19. The summed E-state index contributed by atoms with van der Waals surface area (Å²) in [5, 5.41) is 0.557. The summed E-state index contributed by atoms with van der Waals surface area (Å²) in [5.74, 6) is -0.156. The third kappa shape index (κ3) is 4.04. The van der Waals surface area contributed by atoms with Gasteiger partial charge in [-0.25, -0.2) is 0 Å². The van der Waals surface area contributed by atoms with Gasteiger partial charge in [-0.1, -0.05) is 37.1 Å². The minimum absolute atomic E-state index is 0.0309. The van der Waals surface area contributed by atoms with Crippen LogP contribution in [0.1, 0.15) is 27.2 Å². The molecule has 1 aromatic carbocycles. The van der Waals surface area contributed by atoms with Gasteiger partial charge >= 0.3 is 6.08 Å². The number of rotatable bonds is 4. The van der Waals surface area contributed by atoms with Gasteiger partial charge < -0.3 is 14.1 Å². The fourth-order valence-electron chi connectivity index (χ4n) is 3.02. The molecule has 0 bridgehead atoms. The van der Waals surface area contributed by atoms with Crippen molar-refractivity contribution in [3.05, 3.63) is 46.6 Å². The molecule has 0 atom stereocenters. The van der Waals surface area contributed by atoms with Crippen LogP contribution in [0.2, 0.25) is 5.02 Å². The lowest BCUT2D eigenvalue weighted by molar-refractivity contribution is -0.130. The van der Waals surface area contributed by atoms with Gasteiger partial charge in [0, 0.05) is 23.8 Å². The van der Waals surface area contributed by atoms with E-state index < -0.39 is 0 Å². The Morgan fingerprint density at radius 2 is 2.20 bits per heavy atom. The Labute approximate surface area is 151 Å². The van der Waals surface area contributed by atoms with Crippen molar-refractivity contribution < 1.29 is 13.9 Å². The smallest absolute Gasteiger partial charge is 0.395 e. The number of aromatic nitrogens is 1. The van der Waals surface area contributed by atoms with E-state index >= 15 is 0 Å². The monoisotopic (exact) mass is 360 g/mol. The predicted molar refractivity (Wildman–Crippen MR) is 97.5 cm³/mol. The molecule has 25 heavy (non-hydrogen) atoms. The molecule has 6 heteroatoms. The summed E-state index contributed by atoms with van der Waals surface area (Å²) in [7, 11) is 1.76. The Morgan fingerprint density at radius 3 is 2.92 bits per heavy atom. The minimum atomic E-state index is -0.156. The standard InChI is InChI=1S/C19H21ClN2O3/c1-12-7-14(10-19(2,3)9-12)22(4)17(23)11-24-18-21-15-6-5-13(20)8-16(15)25-18/h5-9H,10-11H2,1-4H3. The van der Waals surface area contributed by atoms with Gasteiger partial charge in [-0.05, 0) is 37.0 Å². The maximum atomic E-state index is 12.5. The lowest BCUT2D eigenvalue weighted by Crippen LogP contribution is -2.33. The molecular weight excluding hydrogens is 340 g/mol. The molecule has 0 aliphatic heterocycles. The number of benzene rings is 1. The summed E-state index contributed by atoms with van der Waals surface area (Å²) in [6.45, 7) is 6.21. The molecule has 0 saturated carbocycles. The van der Waals surface area contributed by atoms with E-state index in [-0.39, 0.29) is 24.0 Å². The molecule has 0 saturated heterocycles. The zero-order valence-electron chi connectivity index (χ0n) is 14.8. The van der Waals surface area contributed by atoms with Crippen molar-refractivity contribution in [2.24, 2.45) is 5.41 Å². The lowest BCUT2D eigenvalue weighted by atomic mass is 9.82. The molecule has 1 amide bonds. The number of hydrogen-bond acceptors (Lipinski definition) is 4. The van der Waals surface area contributed by atoms with Crippen molar-refractivity contribution in [2.45, 2.75) is 27.2 Å². The lowest BCUT2D eigenvalue weighted by Gasteiger charge is -2.31. The maximum absolute atomic E-state index is 12.5. The average Bonchev–Trinajstić information content (AvgIpc) is 2.91. The number of ether oxygens (including phenoxy) is 1. The third-order valence-electron chi connectivity index (χ3n) is 4.10. The van der Waals surface area contributed by atoms with Gasteiger partial charge in [-0.15, -0.1) is 0 Å². The van der Waals surface area contributed by atoms with Crippen molar-refractivity contribution in [1.82, 2.24) is 9.88 Å². The molecule has 0 radical (unpaired) electrons. The number of hydrogen-bond donors (Lipinski definition) is 0. The van der Waals surface area contributed by atoms with E-state index in [1.54, 1.807) is 30.1 Å². The molecule has 0 spiro atoms. The Hall–Kier alpha value is -2.27. The van der Waals surface area contributed by atoms with Crippen LogP contribution in [0.25, 0.3) is 11.1 Å². The molecule has 132 valence electrons. The molecule has 5 nitrogen and oxygen atoms in total. The normalized spacial score (nSPS) is 16.4. The molecule has 0 fully saturated rings. The number of fused-ring (bicyclic) bond motifs is 1. The van der Waals surface area contributed by atoms with Crippen LogP contribution in [-0.2, 0) is 4.79 Å². The van der Waals surface area contributed by atoms with E-state index in [0.717, 1.165) is 17.7 Å². The highest BCUT2D eigenvalue weighted by atomic mass is 35.5. The molecule has 1 aliphatic carbocycles. The topological polar surface area (TPSA) is 55.6 Å². The zero-order chi connectivity index (χ0) is 18.2. The Balaban J connectivity index is 1.66. The second kappa shape index (κ2) is 6.56. The third-order valence-corrected chi connectivity index (χ3v) is 4.34. The first-order chi connectivity index (χ1) is 11.7. The van der Waals surface area contributed by atoms with Crippen molar-refractivity contribution in [1.29, 1.82) is 0 Å². The van der Waals surface area contributed by atoms with Crippen molar-refractivity contribution >= 4 is 28.6 Å². The van der Waals surface area contributed by atoms with Crippen LogP contribution in [0.4, 0.5) is 0 Å². The molecule has 1 heterocycles. The van der Waals surface area contributed by atoms with Gasteiger partial charge in [0.1, 0.15) is 5.52 Å². The summed E-state index contributed by atoms with van der Waals surface area (Å²) < 4.78 is 10.9. The summed E-state index contributed by atoms with van der Waals surface area (Å²) in [6, 6.07) is 5.13. The van der Waals surface area contributed by atoms with Crippen LogP contribution in [0, 0.1) is 5.41 Å². The van der Waals surface area contributed by atoms with Crippen LogP contribution >= 0.6 is 11.6 Å². The van der Waals surface area contributed by atoms with Gasteiger partial charge in [0.05, 0.1) is 0 Å².